The molecule has 0 saturated carbocycles. The third-order valence-corrected chi connectivity index (χ3v) is 3.37. The van der Waals surface area contributed by atoms with Gasteiger partial charge in [0.05, 0.1) is 12.9 Å². The largest absolute Gasteiger partial charge is 0.394 e. The first kappa shape index (κ1) is 13.1. The number of nitrogens with zero attached hydrogens (tertiary/aromatic N) is 2. The molecular weight excluding hydrogens is 268 g/mol. The van der Waals surface area contributed by atoms with Crippen LogP contribution in [-0.4, -0.2) is 54.8 Å². The molecule has 9 heteroatoms. The number of hydrogen-bond donors (Lipinski definition) is 5. The summed E-state index contributed by atoms with van der Waals surface area (Å²) < 4.78 is 6.75. The summed E-state index contributed by atoms with van der Waals surface area (Å²) in [5.41, 5.74) is 5.65. The minimum Gasteiger partial charge on any atom is -0.394 e. The van der Waals surface area contributed by atoms with Crippen LogP contribution in [0.1, 0.15) is 6.23 Å². The molecule has 3 heterocycles. The molecule has 3 rings (SSSR count). The number of aromatic amines is 1. The van der Waals surface area contributed by atoms with Crippen LogP contribution in [0.25, 0.3) is 11.2 Å². The molecule has 1 saturated heterocycles. The summed E-state index contributed by atoms with van der Waals surface area (Å²) in [6.45, 7) is -0.431. The summed E-state index contributed by atoms with van der Waals surface area (Å²) >= 11 is 0. The first-order valence-corrected chi connectivity index (χ1v) is 6.00. The van der Waals surface area contributed by atoms with Crippen molar-refractivity contribution in [3.8, 4) is 0 Å². The molecule has 1 aliphatic rings. The minimum atomic E-state index is -1.26. The first-order chi connectivity index (χ1) is 9.52. The van der Waals surface area contributed by atoms with Crippen molar-refractivity contribution in [3.63, 3.8) is 0 Å². The van der Waals surface area contributed by atoms with Crippen LogP contribution in [0, 0.1) is 0 Å². The van der Waals surface area contributed by atoms with E-state index in [9.17, 15) is 15.0 Å². The van der Waals surface area contributed by atoms with Gasteiger partial charge in [0.25, 0.3) is 0 Å². The number of imidazole rings is 1. The topological polar surface area (TPSA) is 147 Å². The highest BCUT2D eigenvalue weighted by molar-refractivity contribution is 5.72. The number of nitrogens with two attached hydrogens (primary N) is 1. The van der Waals surface area contributed by atoms with E-state index < -0.39 is 31.1 Å². The van der Waals surface area contributed by atoms with E-state index in [2.05, 4.69) is 9.97 Å². The highest BCUT2D eigenvalue weighted by atomic mass is 16.6. The molecule has 0 aliphatic carbocycles. The summed E-state index contributed by atoms with van der Waals surface area (Å²) in [7, 11) is 0. The van der Waals surface area contributed by atoms with Crippen molar-refractivity contribution in [2.75, 3.05) is 12.3 Å². The van der Waals surface area contributed by atoms with Gasteiger partial charge in [0.1, 0.15) is 29.8 Å². The van der Waals surface area contributed by atoms with Gasteiger partial charge in [-0.25, -0.2) is 4.98 Å². The Morgan fingerprint density at radius 2 is 2.20 bits per heavy atom. The number of pyridine rings is 1. The predicted molar refractivity (Wildman–Crippen MR) is 67.8 cm³/mol. The molecule has 2 aromatic heterocycles. The molecule has 108 valence electrons. The number of nitrogen functional groups attached to an aromatic ring is 1. The SMILES string of the molecule is Nc1cc(=O)c2ncn(C3OC(CO)C(O)C3O)c2[nH]1. The van der Waals surface area contributed by atoms with Crippen LogP contribution < -0.4 is 11.2 Å². The maximum absolute atomic E-state index is 11.7. The number of ether oxygens (including phenoxy) is 1. The fourth-order valence-corrected chi connectivity index (χ4v) is 2.35. The minimum absolute atomic E-state index is 0.149. The third-order valence-electron chi connectivity index (χ3n) is 3.37. The smallest absolute Gasteiger partial charge is 0.211 e. The zero-order chi connectivity index (χ0) is 14.4. The Bertz CT molecular complexity index is 696. The first-order valence-electron chi connectivity index (χ1n) is 6.00. The van der Waals surface area contributed by atoms with Crippen molar-refractivity contribution >= 4 is 17.0 Å². The number of nitrogens with one attached hydrogen (secondary N) is 1. The molecule has 2 aromatic rings. The highest BCUT2D eigenvalue weighted by Gasteiger charge is 2.43. The van der Waals surface area contributed by atoms with Gasteiger partial charge in [-0.1, -0.05) is 0 Å². The van der Waals surface area contributed by atoms with Crippen LogP contribution in [0.4, 0.5) is 5.82 Å². The van der Waals surface area contributed by atoms with Crippen molar-refractivity contribution in [2.45, 2.75) is 24.5 Å². The lowest BCUT2D eigenvalue weighted by molar-refractivity contribution is -0.0511. The molecule has 1 aliphatic heterocycles. The molecule has 4 unspecified atom stereocenters. The van der Waals surface area contributed by atoms with E-state index in [1.165, 1.54) is 17.0 Å². The predicted octanol–water partition coefficient (Wildman–Crippen LogP) is -2.08. The van der Waals surface area contributed by atoms with Gasteiger partial charge < -0.3 is 30.8 Å². The fourth-order valence-electron chi connectivity index (χ4n) is 2.35. The molecule has 0 aromatic carbocycles. The summed E-state index contributed by atoms with van der Waals surface area (Å²) in [5, 5.41) is 28.8. The molecule has 0 amide bonds. The van der Waals surface area contributed by atoms with E-state index in [1.54, 1.807) is 0 Å². The van der Waals surface area contributed by atoms with E-state index in [0.717, 1.165) is 0 Å². The number of rotatable bonds is 2. The van der Waals surface area contributed by atoms with Crippen molar-refractivity contribution in [1.29, 1.82) is 0 Å². The maximum atomic E-state index is 11.7. The summed E-state index contributed by atoms with van der Waals surface area (Å²) in [5.74, 6) is 0.149. The van der Waals surface area contributed by atoms with Gasteiger partial charge in [-0.2, -0.15) is 0 Å². The lowest BCUT2D eigenvalue weighted by atomic mass is 10.1. The standard InChI is InChI=1S/C11H14N4O5/c12-6-1-4(17)7-10(14-6)15(3-13-7)11-9(19)8(18)5(2-16)20-11/h1,3,5,8-9,11,16,18-19H,2H2,(H3,12,14,17). The molecular formula is C11H14N4O5. The second-order valence-electron chi connectivity index (χ2n) is 4.67. The van der Waals surface area contributed by atoms with E-state index in [4.69, 9.17) is 15.6 Å². The monoisotopic (exact) mass is 282 g/mol. The van der Waals surface area contributed by atoms with Gasteiger partial charge >= 0.3 is 0 Å². The number of fused-ring (bicyclic) bond motifs is 1. The molecule has 1 fully saturated rings. The Morgan fingerprint density at radius 1 is 1.45 bits per heavy atom. The fraction of sp³-hybridized carbons (Fsp3) is 0.455. The zero-order valence-electron chi connectivity index (χ0n) is 10.3. The van der Waals surface area contributed by atoms with E-state index >= 15 is 0 Å². The number of aliphatic hydroxyl groups is 3. The average Bonchev–Trinajstić information content (AvgIpc) is 2.93. The van der Waals surface area contributed by atoms with Gasteiger partial charge in [0.2, 0.25) is 5.43 Å². The second-order valence-corrected chi connectivity index (χ2v) is 4.67. The zero-order valence-corrected chi connectivity index (χ0v) is 10.3. The van der Waals surface area contributed by atoms with Crippen LogP contribution in [0.15, 0.2) is 17.2 Å². The second kappa shape index (κ2) is 4.56. The number of aromatic nitrogens is 3. The normalized spacial score (nSPS) is 30.1. The van der Waals surface area contributed by atoms with E-state index in [-0.39, 0.29) is 22.4 Å². The molecule has 0 bridgehead atoms. The van der Waals surface area contributed by atoms with Gasteiger partial charge in [-0.05, 0) is 0 Å². The summed E-state index contributed by atoms with van der Waals surface area (Å²) in [4.78, 5) is 18.4. The van der Waals surface area contributed by atoms with Crippen LogP contribution >= 0.6 is 0 Å². The Morgan fingerprint density at radius 3 is 2.85 bits per heavy atom. The van der Waals surface area contributed by atoms with Crippen molar-refractivity contribution < 1.29 is 20.1 Å². The number of H-pyrrole nitrogens is 1. The Kier molecular flexibility index (Phi) is 2.98. The van der Waals surface area contributed by atoms with Crippen LogP contribution in [0.5, 0.6) is 0 Å². The number of aliphatic hydroxyl groups excluding tert-OH is 3. The van der Waals surface area contributed by atoms with Gasteiger partial charge in [-0.15, -0.1) is 0 Å². The van der Waals surface area contributed by atoms with Crippen molar-refractivity contribution in [1.82, 2.24) is 14.5 Å². The number of hydrogen-bond acceptors (Lipinski definition) is 7. The van der Waals surface area contributed by atoms with E-state index in [1.807, 2.05) is 0 Å². The van der Waals surface area contributed by atoms with Gasteiger partial charge in [0.15, 0.2) is 11.7 Å². The Balaban J connectivity index is 2.09. The quantitative estimate of drug-likeness (QED) is 0.424. The van der Waals surface area contributed by atoms with Crippen LogP contribution in [0.2, 0.25) is 0 Å². The number of anilines is 1. The van der Waals surface area contributed by atoms with Gasteiger partial charge in [-0.3, -0.25) is 9.36 Å². The molecule has 9 nitrogen and oxygen atoms in total. The summed E-state index contributed by atoms with van der Waals surface area (Å²) in [6.07, 6.45) is -3.04. The van der Waals surface area contributed by atoms with Gasteiger partial charge in [0, 0.05) is 6.07 Å². The summed E-state index contributed by atoms with van der Waals surface area (Å²) in [6, 6.07) is 1.21. The molecule has 6 N–H and O–H groups in total. The maximum Gasteiger partial charge on any atom is 0.211 e. The third kappa shape index (κ3) is 1.79. The molecule has 20 heavy (non-hydrogen) atoms. The molecule has 0 spiro atoms. The lowest BCUT2D eigenvalue weighted by Crippen LogP contribution is -2.33. The van der Waals surface area contributed by atoms with E-state index in [0.29, 0.717) is 0 Å². The Hall–Kier alpha value is -1.94. The molecule has 0 radical (unpaired) electrons. The van der Waals surface area contributed by atoms with Crippen molar-refractivity contribution in [3.05, 3.63) is 22.6 Å². The van der Waals surface area contributed by atoms with Crippen LogP contribution in [0.3, 0.4) is 0 Å². The lowest BCUT2D eigenvalue weighted by Gasteiger charge is -2.16. The van der Waals surface area contributed by atoms with Crippen LogP contribution in [-0.2, 0) is 4.74 Å². The highest BCUT2D eigenvalue weighted by Crippen LogP contribution is 2.30. The van der Waals surface area contributed by atoms with Crippen molar-refractivity contribution in [2.24, 2.45) is 0 Å². The molecule has 4 atom stereocenters. The average molecular weight is 282 g/mol. The Labute approximate surface area is 112 Å².